The normalized spacial score (nSPS) is 11.5. The van der Waals surface area contributed by atoms with Gasteiger partial charge in [0.15, 0.2) is 0 Å². The van der Waals surface area contributed by atoms with Gasteiger partial charge >= 0.3 is 0 Å². The van der Waals surface area contributed by atoms with Gasteiger partial charge in [-0.3, -0.25) is 0 Å². The summed E-state index contributed by atoms with van der Waals surface area (Å²) in [6, 6.07) is 3.56. The van der Waals surface area contributed by atoms with Crippen LogP contribution in [0.5, 0.6) is 11.5 Å². The number of aryl methyl sites for hydroxylation is 1. The summed E-state index contributed by atoms with van der Waals surface area (Å²) >= 11 is 0. The van der Waals surface area contributed by atoms with Crippen molar-refractivity contribution in [2.75, 3.05) is 0 Å². The number of rotatable bonds is 15. The van der Waals surface area contributed by atoms with Crippen LogP contribution in [0.3, 0.4) is 0 Å². The molecule has 0 saturated carbocycles. The lowest BCUT2D eigenvalue weighted by atomic mass is 10.0. The number of phenolic OH excluding ortho intramolecular Hbond substituents is 2. The molecule has 0 unspecified atom stereocenters. The minimum Gasteiger partial charge on any atom is -0.508 e. The first-order valence-corrected chi connectivity index (χ1v) is 10.8. The minimum atomic E-state index is 0.202. The largest absolute Gasteiger partial charge is 0.508 e. The van der Waals surface area contributed by atoms with Crippen LogP contribution >= 0.6 is 0 Å². The number of hydrogen-bond donors (Lipinski definition) is 2. The molecule has 1 rings (SSSR count). The first-order valence-electron chi connectivity index (χ1n) is 10.8. The Balaban J connectivity index is 1.93. The van der Waals surface area contributed by atoms with E-state index < -0.39 is 0 Å². The van der Waals surface area contributed by atoms with Crippen LogP contribution in [0.25, 0.3) is 0 Å². The standard InChI is InChI=1S/C24H40O2/c1-3-4-5-6-7-8-9-10-11-12-13-14-15-16-17-18-22-19-23(25)21(2)24(26)20-22/h10-11,19-20,25-26H,3-9,12-18H2,1-2H3. The average molecular weight is 361 g/mol. The third-order valence-electron chi connectivity index (χ3n) is 5.14. The molecule has 0 aromatic heterocycles. The Morgan fingerprint density at radius 2 is 1.15 bits per heavy atom. The monoisotopic (exact) mass is 360 g/mol. The Morgan fingerprint density at radius 3 is 1.69 bits per heavy atom. The summed E-state index contributed by atoms with van der Waals surface area (Å²) in [5.74, 6) is 0.403. The van der Waals surface area contributed by atoms with Gasteiger partial charge in [0.2, 0.25) is 0 Å². The van der Waals surface area contributed by atoms with Crippen LogP contribution in [0, 0.1) is 6.92 Å². The van der Waals surface area contributed by atoms with Crippen LogP contribution in [-0.2, 0) is 6.42 Å². The zero-order valence-electron chi connectivity index (χ0n) is 17.1. The molecule has 26 heavy (non-hydrogen) atoms. The predicted octanol–water partition coefficient (Wildman–Crippen LogP) is 7.60. The van der Waals surface area contributed by atoms with Crippen molar-refractivity contribution in [3.8, 4) is 11.5 Å². The van der Waals surface area contributed by atoms with Crippen LogP contribution in [0.1, 0.15) is 102 Å². The highest BCUT2D eigenvalue weighted by atomic mass is 16.3. The van der Waals surface area contributed by atoms with Crippen molar-refractivity contribution >= 4 is 0 Å². The van der Waals surface area contributed by atoms with Crippen molar-refractivity contribution in [2.24, 2.45) is 0 Å². The van der Waals surface area contributed by atoms with E-state index in [2.05, 4.69) is 19.1 Å². The van der Waals surface area contributed by atoms with Gasteiger partial charge < -0.3 is 10.2 Å². The summed E-state index contributed by atoms with van der Waals surface area (Å²) in [5, 5.41) is 19.5. The van der Waals surface area contributed by atoms with E-state index in [4.69, 9.17) is 0 Å². The zero-order chi connectivity index (χ0) is 19.0. The fraction of sp³-hybridized carbons (Fsp3) is 0.667. The average Bonchev–Trinajstić information content (AvgIpc) is 2.62. The summed E-state index contributed by atoms with van der Waals surface area (Å²) < 4.78 is 0. The number of benzene rings is 1. The van der Waals surface area contributed by atoms with Gasteiger partial charge in [0.05, 0.1) is 0 Å². The second-order valence-corrected chi connectivity index (χ2v) is 7.59. The van der Waals surface area contributed by atoms with Gasteiger partial charge in [-0.05, 0) is 63.1 Å². The third kappa shape index (κ3) is 10.5. The summed E-state index contributed by atoms with van der Waals surface area (Å²) in [4.78, 5) is 0. The highest BCUT2D eigenvalue weighted by Crippen LogP contribution is 2.28. The molecule has 2 N–H and O–H groups in total. The Hall–Kier alpha value is -1.44. The molecule has 1 aromatic rings. The Labute approximate surface area is 161 Å². The molecule has 0 atom stereocenters. The molecule has 0 heterocycles. The molecule has 0 aliphatic rings. The van der Waals surface area contributed by atoms with Gasteiger partial charge in [0, 0.05) is 5.56 Å². The molecule has 0 aliphatic heterocycles. The SMILES string of the molecule is CCCCCCCCC=CCCCCCCCc1cc(O)c(C)c(O)c1. The second kappa shape index (κ2) is 14.7. The Bertz CT molecular complexity index is 482. The summed E-state index contributed by atoms with van der Waals surface area (Å²) in [5.41, 5.74) is 1.60. The van der Waals surface area contributed by atoms with E-state index in [-0.39, 0.29) is 11.5 Å². The van der Waals surface area contributed by atoms with E-state index in [1.807, 2.05) is 0 Å². The molecule has 2 heteroatoms. The number of phenols is 2. The van der Waals surface area contributed by atoms with Gasteiger partial charge in [0.1, 0.15) is 11.5 Å². The first kappa shape index (κ1) is 22.6. The lowest BCUT2D eigenvalue weighted by Crippen LogP contribution is -1.88. The van der Waals surface area contributed by atoms with Crippen molar-refractivity contribution < 1.29 is 10.2 Å². The molecule has 0 radical (unpaired) electrons. The molecular weight excluding hydrogens is 320 g/mol. The molecule has 1 aromatic carbocycles. The quantitative estimate of drug-likeness (QED) is 0.250. The predicted molar refractivity (Wildman–Crippen MR) is 113 cm³/mol. The fourth-order valence-electron chi connectivity index (χ4n) is 3.28. The van der Waals surface area contributed by atoms with Crippen LogP contribution < -0.4 is 0 Å². The number of aromatic hydroxyl groups is 2. The van der Waals surface area contributed by atoms with Crippen LogP contribution in [-0.4, -0.2) is 10.2 Å². The highest BCUT2D eigenvalue weighted by molar-refractivity contribution is 5.45. The lowest BCUT2D eigenvalue weighted by molar-refractivity contribution is 0.441. The van der Waals surface area contributed by atoms with E-state index in [1.165, 1.54) is 77.0 Å². The van der Waals surface area contributed by atoms with Crippen molar-refractivity contribution in [2.45, 2.75) is 104 Å². The molecule has 0 bridgehead atoms. The van der Waals surface area contributed by atoms with E-state index in [9.17, 15) is 10.2 Å². The van der Waals surface area contributed by atoms with E-state index >= 15 is 0 Å². The lowest BCUT2D eigenvalue weighted by Gasteiger charge is -2.07. The third-order valence-corrected chi connectivity index (χ3v) is 5.14. The summed E-state index contributed by atoms with van der Waals surface area (Å²) in [6.45, 7) is 4.00. The maximum absolute atomic E-state index is 9.74. The van der Waals surface area contributed by atoms with E-state index in [0.29, 0.717) is 5.56 Å². The fourth-order valence-corrected chi connectivity index (χ4v) is 3.28. The molecule has 0 amide bonds. The van der Waals surface area contributed by atoms with Gasteiger partial charge in [0.25, 0.3) is 0 Å². The molecular formula is C24H40O2. The Morgan fingerprint density at radius 1 is 0.692 bits per heavy atom. The molecule has 0 fully saturated rings. The van der Waals surface area contributed by atoms with Crippen molar-refractivity contribution in [3.05, 3.63) is 35.4 Å². The van der Waals surface area contributed by atoms with Crippen molar-refractivity contribution in [1.82, 2.24) is 0 Å². The molecule has 0 spiro atoms. The Kier molecular flexibility index (Phi) is 12.8. The maximum atomic E-state index is 9.74. The molecule has 0 aliphatic carbocycles. The highest BCUT2D eigenvalue weighted by Gasteiger charge is 2.05. The summed E-state index contributed by atoms with van der Waals surface area (Å²) in [6.07, 6.45) is 22.6. The van der Waals surface area contributed by atoms with Crippen LogP contribution in [0.15, 0.2) is 24.3 Å². The topological polar surface area (TPSA) is 40.5 Å². The first-order chi connectivity index (χ1) is 12.6. The zero-order valence-corrected chi connectivity index (χ0v) is 17.1. The second-order valence-electron chi connectivity index (χ2n) is 7.59. The van der Waals surface area contributed by atoms with Gasteiger partial charge in [-0.25, -0.2) is 0 Å². The van der Waals surface area contributed by atoms with Crippen molar-refractivity contribution in [1.29, 1.82) is 0 Å². The molecule has 0 saturated heterocycles. The van der Waals surface area contributed by atoms with Gasteiger partial charge in [-0.15, -0.1) is 0 Å². The minimum absolute atomic E-state index is 0.202. The van der Waals surface area contributed by atoms with E-state index in [0.717, 1.165) is 18.4 Å². The smallest absolute Gasteiger partial charge is 0.122 e. The van der Waals surface area contributed by atoms with Gasteiger partial charge in [-0.2, -0.15) is 0 Å². The van der Waals surface area contributed by atoms with E-state index in [1.54, 1.807) is 19.1 Å². The maximum Gasteiger partial charge on any atom is 0.122 e. The number of unbranched alkanes of at least 4 members (excludes halogenated alkanes) is 11. The number of hydrogen-bond acceptors (Lipinski definition) is 2. The van der Waals surface area contributed by atoms with Crippen molar-refractivity contribution in [3.63, 3.8) is 0 Å². The van der Waals surface area contributed by atoms with Crippen LogP contribution in [0.2, 0.25) is 0 Å². The van der Waals surface area contributed by atoms with Gasteiger partial charge in [-0.1, -0.05) is 70.4 Å². The summed E-state index contributed by atoms with van der Waals surface area (Å²) in [7, 11) is 0. The molecule has 2 nitrogen and oxygen atoms in total. The molecule has 148 valence electrons. The number of allylic oxidation sites excluding steroid dienone is 2. The van der Waals surface area contributed by atoms with Crippen LogP contribution in [0.4, 0.5) is 0 Å².